The number of hydrogen-bond acceptors (Lipinski definition) is 2. The lowest BCUT2D eigenvalue weighted by Crippen LogP contribution is -2.49. The first kappa shape index (κ1) is 17.8. The van der Waals surface area contributed by atoms with Gasteiger partial charge in [0.2, 0.25) is 0 Å². The summed E-state index contributed by atoms with van der Waals surface area (Å²) in [7, 11) is 0. The van der Waals surface area contributed by atoms with Crippen LogP contribution in [-0.4, -0.2) is 22.1 Å². The second kappa shape index (κ2) is 9.45. The van der Waals surface area contributed by atoms with Crippen molar-refractivity contribution >= 4 is 17.3 Å². The van der Waals surface area contributed by atoms with Gasteiger partial charge in [0, 0.05) is 12.1 Å². The Labute approximate surface area is 152 Å². The van der Waals surface area contributed by atoms with Crippen LogP contribution in [0.25, 0.3) is 0 Å². The van der Waals surface area contributed by atoms with Crippen LogP contribution in [0.5, 0.6) is 0 Å². The maximum absolute atomic E-state index is 5.86. The molecule has 0 radical (unpaired) electrons. The van der Waals surface area contributed by atoms with Crippen molar-refractivity contribution in [3.63, 3.8) is 0 Å². The third-order valence-corrected chi connectivity index (χ3v) is 5.97. The van der Waals surface area contributed by atoms with Gasteiger partial charge >= 0.3 is 0 Å². The highest BCUT2D eigenvalue weighted by atomic mass is 32.1. The van der Waals surface area contributed by atoms with Crippen LogP contribution in [0, 0.1) is 0 Å². The average molecular weight is 349 g/mol. The molecule has 0 spiro atoms. The van der Waals surface area contributed by atoms with Crippen LogP contribution in [-0.2, 0) is 6.54 Å². The van der Waals surface area contributed by atoms with Crippen LogP contribution in [0.3, 0.4) is 0 Å². The Morgan fingerprint density at radius 1 is 1.00 bits per heavy atom. The largest absolute Gasteiger partial charge is 0.467 e. The van der Waals surface area contributed by atoms with Gasteiger partial charge in [-0.25, -0.2) is 0 Å². The fourth-order valence-electron chi connectivity index (χ4n) is 4.19. The zero-order valence-corrected chi connectivity index (χ0v) is 15.7. The predicted molar refractivity (Wildman–Crippen MR) is 103 cm³/mol. The lowest BCUT2D eigenvalue weighted by atomic mass is 9.94. The highest BCUT2D eigenvalue weighted by molar-refractivity contribution is 7.80. The number of rotatable bonds is 4. The van der Waals surface area contributed by atoms with E-state index in [1.807, 2.05) is 6.07 Å². The van der Waals surface area contributed by atoms with Gasteiger partial charge in [0.1, 0.15) is 5.76 Å². The van der Waals surface area contributed by atoms with Crippen molar-refractivity contribution in [2.75, 3.05) is 0 Å². The molecule has 2 saturated carbocycles. The van der Waals surface area contributed by atoms with Crippen LogP contribution in [0.1, 0.15) is 82.8 Å². The minimum Gasteiger partial charge on any atom is -0.467 e. The van der Waals surface area contributed by atoms with Gasteiger partial charge in [0.05, 0.1) is 12.8 Å². The third-order valence-electron chi connectivity index (χ3n) is 5.62. The first-order chi connectivity index (χ1) is 11.8. The van der Waals surface area contributed by atoms with E-state index in [0.29, 0.717) is 12.1 Å². The molecule has 4 heteroatoms. The second-order valence-electron chi connectivity index (χ2n) is 7.49. The lowest BCUT2D eigenvalue weighted by molar-refractivity contribution is 0.219. The van der Waals surface area contributed by atoms with Gasteiger partial charge in [-0.3, -0.25) is 0 Å². The summed E-state index contributed by atoms with van der Waals surface area (Å²) in [6, 6.07) is 5.16. The normalized spacial score (nSPS) is 21.0. The van der Waals surface area contributed by atoms with Gasteiger partial charge in [-0.15, -0.1) is 0 Å². The Kier molecular flexibility index (Phi) is 7.00. The van der Waals surface area contributed by atoms with Gasteiger partial charge < -0.3 is 14.6 Å². The molecule has 1 heterocycles. The SMILES string of the molecule is S=C(NC1CCCCCCC1)N(Cc1ccco1)C1CCCCC1. The minimum absolute atomic E-state index is 0.556. The Balaban J connectivity index is 1.62. The molecule has 1 aromatic heterocycles. The molecule has 2 aliphatic carbocycles. The maximum atomic E-state index is 5.86. The summed E-state index contributed by atoms with van der Waals surface area (Å²) in [6.45, 7) is 0.802. The highest BCUT2D eigenvalue weighted by Gasteiger charge is 2.25. The number of hydrogen-bond donors (Lipinski definition) is 1. The third kappa shape index (κ3) is 5.23. The first-order valence-electron chi connectivity index (χ1n) is 9.92. The summed E-state index contributed by atoms with van der Waals surface area (Å²) < 4.78 is 5.60. The monoisotopic (exact) mass is 348 g/mol. The fraction of sp³-hybridized carbons (Fsp3) is 0.750. The van der Waals surface area contributed by atoms with Gasteiger partial charge in [-0.05, 0) is 50.0 Å². The Hall–Kier alpha value is -1.03. The molecule has 0 aromatic carbocycles. The molecule has 24 heavy (non-hydrogen) atoms. The van der Waals surface area contributed by atoms with E-state index in [1.165, 1.54) is 77.0 Å². The quantitative estimate of drug-likeness (QED) is 0.737. The van der Waals surface area contributed by atoms with Crippen molar-refractivity contribution < 1.29 is 4.42 Å². The van der Waals surface area contributed by atoms with E-state index in [9.17, 15) is 0 Å². The topological polar surface area (TPSA) is 28.4 Å². The molecule has 0 atom stereocenters. The molecule has 0 aliphatic heterocycles. The zero-order chi connectivity index (χ0) is 16.6. The number of nitrogens with one attached hydrogen (secondary N) is 1. The Morgan fingerprint density at radius 2 is 1.62 bits per heavy atom. The molecule has 134 valence electrons. The van der Waals surface area contributed by atoms with Crippen LogP contribution in [0.2, 0.25) is 0 Å². The highest BCUT2D eigenvalue weighted by Crippen LogP contribution is 2.25. The van der Waals surface area contributed by atoms with E-state index in [1.54, 1.807) is 6.26 Å². The van der Waals surface area contributed by atoms with E-state index >= 15 is 0 Å². The van der Waals surface area contributed by atoms with Crippen LogP contribution < -0.4 is 5.32 Å². The molecule has 2 fully saturated rings. The predicted octanol–water partition coefficient (Wildman–Crippen LogP) is 5.40. The standard InChI is InChI=1S/C20H32N2OS/c24-20(21-17-10-5-2-1-3-6-11-17)22(16-19-14-9-15-23-19)18-12-7-4-8-13-18/h9,14-15,17-18H,1-8,10-13,16H2,(H,21,24). The molecule has 1 aromatic rings. The molecule has 0 saturated heterocycles. The fourth-order valence-corrected chi connectivity index (χ4v) is 4.57. The van der Waals surface area contributed by atoms with Gasteiger partial charge in [-0.2, -0.15) is 0 Å². The Morgan fingerprint density at radius 3 is 2.29 bits per heavy atom. The molecule has 3 nitrogen and oxygen atoms in total. The number of nitrogens with zero attached hydrogens (tertiary/aromatic N) is 1. The van der Waals surface area contributed by atoms with Crippen molar-refractivity contribution in [2.24, 2.45) is 0 Å². The summed E-state index contributed by atoms with van der Waals surface area (Å²) in [5, 5.41) is 4.66. The lowest BCUT2D eigenvalue weighted by Gasteiger charge is -2.37. The maximum Gasteiger partial charge on any atom is 0.169 e. The first-order valence-corrected chi connectivity index (χ1v) is 10.3. The Bertz CT molecular complexity index is 474. The van der Waals surface area contributed by atoms with Crippen molar-refractivity contribution in [1.82, 2.24) is 10.2 Å². The molecule has 0 bridgehead atoms. The number of thiocarbonyl (C=S) groups is 1. The summed E-state index contributed by atoms with van der Waals surface area (Å²) in [5.41, 5.74) is 0. The van der Waals surface area contributed by atoms with E-state index < -0.39 is 0 Å². The summed E-state index contributed by atoms with van der Waals surface area (Å²) in [5.74, 6) is 1.02. The van der Waals surface area contributed by atoms with E-state index in [-0.39, 0.29) is 0 Å². The summed E-state index contributed by atoms with van der Waals surface area (Å²) >= 11 is 5.86. The molecule has 0 unspecified atom stereocenters. The van der Waals surface area contributed by atoms with Crippen LogP contribution >= 0.6 is 12.2 Å². The van der Waals surface area contributed by atoms with Gasteiger partial charge in [-0.1, -0.05) is 51.4 Å². The van der Waals surface area contributed by atoms with Crippen molar-refractivity contribution in [3.05, 3.63) is 24.2 Å². The van der Waals surface area contributed by atoms with E-state index in [0.717, 1.165) is 17.4 Å². The average Bonchev–Trinajstić information content (AvgIpc) is 3.09. The summed E-state index contributed by atoms with van der Waals surface area (Å²) in [6.07, 6.45) is 17.7. The zero-order valence-electron chi connectivity index (χ0n) is 14.8. The molecular formula is C20H32N2OS. The van der Waals surface area contributed by atoms with Crippen molar-refractivity contribution in [2.45, 2.75) is 95.7 Å². The second-order valence-corrected chi connectivity index (χ2v) is 7.88. The van der Waals surface area contributed by atoms with Crippen molar-refractivity contribution in [3.8, 4) is 0 Å². The van der Waals surface area contributed by atoms with Gasteiger partial charge in [0.15, 0.2) is 5.11 Å². The molecule has 0 amide bonds. The van der Waals surface area contributed by atoms with E-state index in [2.05, 4.69) is 16.3 Å². The molecule has 2 aliphatic rings. The molecule has 3 rings (SSSR count). The van der Waals surface area contributed by atoms with E-state index in [4.69, 9.17) is 16.6 Å². The number of furan rings is 1. The van der Waals surface area contributed by atoms with Crippen LogP contribution in [0.4, 0.5) is 0 Å². The van der Waals surface area contributed by atoms with Crippen molar-refractivity contribution in [1.29, 1.82) is 0 Å². The smallest absolute Gasteiger partial charge is 0.169 e. The summed E-state index contributed by atoms with van der Waals surface area (Å²) in [4.78, 5) is 2.41. The van der Waals surface area contributed by atoms with Gasteiger partial charge in [0.25, 0.3) is 0 Å². The molecule has 1 N–H and O–H groups in total. The minimum atomic E-state index is 0.556. The molecular weight excluding hydrogens is 316 g/mol. The van der Waals surface area contributed by atoms with Crippen LogP contribution in [0.15, 0.2) is 22.8 Å².